The molecule has 0 aliphatic rings. The van der Waals surface area contributed by atoms with Gasteiger partial charge >= 0.3 is 0 Å². The van der Waals surface area contributed by atoms with Gasteiger partial charge in [0.2, 0.25) is 0 Å². The van der Waals surface area contributed by atoms with Gasteiger partial charge < -0.3 is 0 Å². The van der Waals surface area contributed by atoms with E-state index in [-0.39, 0.29) is 5.56 Å². The average molecular weight is 255 g/mol. The van der Waals surface area contributed by atoms with Gasteiger partial charge in [0, 0.05) is 30.1 Å². The van der Waals surface area contributed by atoms with Crippen LogP contribution in [0.5, 0.6) is 0 Å². The molecule has 0 aliphatic carbocycles. The van der Waals surface area contributed by atoms with Crippen LogP contribution in [0.3, 0.4) is 0 Å². The SMILES string of the molecule is Fc1cc(F)cc(C#Cc2cnc3ccnn3c2)c1. The molecular formula is C14H7F2N3. The highest BCUT2D eigenvalue weighted by Crippen LogP contribution is 2.07. The molecule has 0 N–H and O–H groups in total. The molecule has 0 radical (unpaired) electrons. The van der Waals surface area contributed by atoms with Crippen molar-refractivity contribution in [3.8, 4) is 11.8 Å². The molecule has 92 valence electrons. The second-order valence-electron chi connectivity index (χ2n) is 3.88. The molecule has 2 aromatic heterocycles. The number of hydrogen-bond acceptors (Lipinski definition) is 2. The lowest BCUT2D eigenvalue weighted by Crippen LogP contribution is -1.91. The molecule has 0 saturated heterocycles. The highest BCUT2D eigenvalue weighted by atomic mass is 19.1. The van der Waals surface area contributed by atoms with E-state index in [1.165, 1.54) is 12.1 Å². The van der Waals surface area contributed by atoms with E-state index in [0.717, 1.165) is 6.07 Å². The third kappa shape index (κ3) is 2.43. The maximum atomic E-state index is 13.0. The molecule has 3 rings (SSSR count). The van der Waals surface area contributed by atoms with Crippen LogP contribution in [0.15, 0.2) is 42.9 Å². The maximum Gasteiger partial charge on any atom is 0.154 e. The lowest BCUT2D eigenvalue weighted by molar-refractivity contribution is 0.582. The molecule has 0 fully saturated rings. The number of hydrogen-bond donors (Lipinski definition) is 0. The molecule has 0 unspecified atom stereocenters. The molecule has 0 atom stereocenters. The molecule has 3 aromatic rings. The fourth-order valence-electron chi connectivity index (χ4n) is 1.64. The van der Waals surface area contributed by atoms with Crippen molar-refractivity contribution in [3.63, 3.8) is 0 Å². The Morgan fingerprint density at radius 3 is 2.53 bits per heavy atom. The molecule has 0 saturated carbocycles. The standard InChI is InChI=1S/C14H7F2N3/c15-12-5-10(6-13(16)7-12)1-2-11-8-17-14-3-4-18-19(14)9-11/h3-9H. The van der Waals surface area contributed by atoms with Gasteiger partial charge in [-0.3, -0.25) is 0 Å². The second-order valence-corrected chi connectivity index (χ2v) is 3.88. The minimum absolute atomic E-state index is 0.276. The van der Waals surface area contributed by atoms with E-state index in [2.05, 4.69) is 21.9 Å². The summed E-state index contributed by atoms with van der Waals surface area (Å²) in [6.45, 7) is 0. The van der Waals surface area contributed by atoms with Gasteiger partial charge in [0.15, 0.2) is 5.65 Å². The first-order chi connectivity index (χ1) is 9.20. The monoisotopic (exact) mass is 255 g/mol. The van der Waals surface area contributed by atoms with Gasteiger partial charge in [0.05, 0.1) is 11.8 Å². The Labute approximate surface area is 107 Å². The normalized spacial score (nSPS) is 10.2. The van der Waals surface area contributed by atoms with Crippen molar-refractivity contribution in [2.75, 3.05) is 0 Å². The summed E-state index contributed by atoms with van der Waals surface area (Å²) >= 11 is 0. The minimum atomic E-state index is -0.648. The zero-order valence-electron chi connectivity index (χ0n) is 9.64. The predicted octanol–water partition coefficient (Wildman–Crippen LogP) is 2.41. The molecule has 5 heteroatoms. The first-order valence-corrected chi connectivity index (χ1v) is 5.48. The Hall–Kier alpha value is -2.74. The van der Waals surface area contributed by atoms with Gasteiger partial charge in [-0.2, -0.15) is 5.10 Å². The Morgan fingerprint density at radius 2 is 1.74 bits per heavy atom. The third-order valence-electron chi connectivity index (χ3n) is 2.46. The van der Waals surface area contributed by atoms with Crippen LogP contribution in [0.4, 0.5) is 8.78 Å². The predicted molar refractivity (Wildman–Crippen MR) is 65.3 cm³/mol. The van der Waals surface area contributed by atoms with Crippen LogP contribution in [-0.2, 0) is 0 Å². The lowest BCUT2D eigenvalue weighted by atomic mass is 10.2. The largest absolute Gasteiger partial charge is 0.236 e. The van der Waals surface area contributed by atoms with Crippen LogP contribution in [0, 0.1) is 23.5 Å². The summed E-state index contributed by atoms with van der Waals surface area (Å²) in [5.74, 6) is 4.18. The zero-order chi connectivity index (χ0) is 13.2. The van der Waals surface area contributed by atoms with E-state index < -0.39 is 11.6 Å². The molecule has 0 amide bonds. The summed E-state index contributed by atoms with van der Waals surface area (Å²) in [5, 5.41) is 4.03. The Bertz CT molecular complexity index is 792. The molecule has 0 bridgehead atoms. The van der Waals surface area contributed by atoms with Gasteiger partial charge in [-0.1, -0.05) is 11.8 Å². The Balaban J connectivity index is 1.98. The number of fused-ring (bicyclic) bond motifs is 1. The summed E-state index contributed by atoms with van der Waals surface area (Å²) in [6, 6.07) is 4.92. The fraction of sp³-hybridized carbons (Fsp3) is 0. The van der Waals surface area contributed by atoms with E-state index >= 15 is 0 Å². The van der Waals surface area contributed by atoms with Crippen molar-refractivity contribution >= 4 is 5.65 Å². The van der Waals surface area contributed by atoms with Crippen LogP contribution in [0.2, 0.25) is 0 Å². The summed E-state index contributed by atoms with van der Waals surface area (Å²) in [6.07, 6.45) is 4.91. The van der Waals surface area contributed by atoms with Gasteiger partial charge in [-0.15, -0.1) is 0 Å². The van der Waals surface area contributed by atoms with E-state index in [1.54, 1.807) is 29.2 Å². The van der Waals surface area contributed by atoms with Crippen LogP contribution >= 0.6 is 0 Å². The number of aromatic nitrogens is 3. The summed E-state index contributed by atoms with van der Waals surface area (Å²) in [4.78, 5) is 4.14. The van der Waals surface area contributed by atoms with Crippen LogP contribution in [0.25, 0.3) is 5.65 Å². The minimum Gasteiger partial charge on any atom is -0.236 e. The third-order valence-corrected chi connectivity index (χ3v) is 2.46. The molecule has 3 nitrogen and oxygen atoms in total. The first-order valence-electron chi connectivity index (χ1n) is 5.48. The van der Waals surface area contributed by atoms with Gasteiger partial charge in [0.1, 0.15) is 11.6 Å². The second kappa shape index (κ2) is 4.50. The maximum absolute atomic E-state index is 13.0. The van der Waals surface area contributed by atoms with Crippen molar-refractivity contribution in [2.24, 2.45) is 0 Å². The van der Waals surface area contributed by atoms with E-state index in [4.69, 9.17) is 0 Å². The van der Waals surface area contributed by atoms with Crippen LogP contribution in [0.1, 0.15) is 11.1 Å². The number of benzene rings is 1. The molecular weight excluding hydrogens is 248 g/mol. The van der Waals surface area contributed by atoms with Crippen LogP contribution < -0.4 is 0 Å². The van der Waals surface area contributed by atoms with E-state index in [0.29, 0.717) is 11.2 Å². The average Bonchev–Trinajstić information content (AvgIpc) is 2.82. The summed E-state index contributed by atoms with van der Waals surface area (Å²) in [5.41, 5.74) is 1.60. The van der Waals surface area contributed by atoms with Gasteiger partial charge in [-0.05, 0) is 12.1 Å². The molecule has 19 heavy (non-hydrogen) atoms. The Kier molecular flexibility index (Phi) is 2.69. The van der Waals surface area contributed by atoms with Gasteiger partial charge in [-0.25, -0.2) is 18.3 Å². The van der Waals surface area contributed by atoms with Crippen molar-refractivity contribution in [1.82, 2.24) is 14.6 Å². The highest BCUT2D eigenvalue weighted by molar-refractivity contribution is 5.44. The van der Waals surface area contributed by atoms with Crippen molar-refractivity contribution in [2.45, 2.75) is 0 Å². The zero-order valence-corrected chi connectivity index (χ0v) is 9.64. The summed E-state index contributed by atoms with van der Waals surface area (Å²) < 4.78 is 27.6. The fourth-order valence-corrected chi connectivity index (χ4v) is 1.64. The molecule has 1 aromatic carbocycles. The smallest absolute Gasteiger partial charge is 0.154 e. The van der Waals surface area contributed by atoms with Crippen molar-refractivity contribution in [3.05, 3.63) is 65.6 Å². The summed E-state index contributed by atoms with van der Waals surface area (Å²) in [7, 11) is 0. The van der Waals surface area contributed by atoms with Crippen molar-refractivity contribution in [1.29, 1.82) is 0 Å². The number of rotatable bonds is 0. The number of halogens is 2. The van der Waals surface area contributed by atoms with E-state index in [1.807, 2.05) is 0 Å². The Morgan fingerprint density at radius 1 is 1.00 bits per heavy atom. The molecule has 2 heterocycles. The first kappa shape index (κ1) is 11.4. The van der Waals surface area contributed by atoms with E-state index in [9.17, 15) is 8.78 Å². The quantitative estimate of drug-likeness (QED) is 0.577. The highest BCUT2D eigenvalue weighted by Gasteiger charge is 1.98. The molecule has 0 aliphatic heterocycles. The van der Waals surface area contributed by atoms with Crippen molar-refractivity contribution < 1.29 is 8.78 Å². The number of nitrogens with zero attached hydrogens (tertiary/aromatic N) is 3. The van der Waals surface area contributed by atoms with Crippen LogP contribution in [-0.4, -0.2) is 14.6 Å². The van der Waals surface area contributed by atoms with Gasteiger partial charge in [0.25, 0.3) is 0 Å². The molecule has 0 spiro atoms. The topological polar surface area (TPSA) is 30.2 Å². The lowest BCUT2D eigenvalue weighted by Gasteiger charge is -1.94.